The first-order valence-corrected chi connectivity index (χ1v) is 11.2. The second-order valence-electron chi connectivity index (χ2n) is 7.75. The summed E-state index contributed by atoms with van der Waals surface area (Å²) < 4.78 is 68.8. The molecule has 1 aliphatic carbocycles. The van der Waals surface area contributed by atoms with Gasteiger partial charge in [-0.15, -0.1) is 0 Å². The van der Waals surface area contributed by atoms with Crippen molar-refractivity contribution < 1.29 is 31.5 Å². The van der Waals surface area contributed by atoms with Gasteiger partial charge in [-0.3, -0.25) is 4.79 Å². The molecule has 0 unspecified atom stereocenters. The molecule has 0 saturated heterocycles. The topological polar surface area (TPSA) is 95.5 Å². The van der Waals surface area contributed by atoms with Gasteiger partial charge < -0.3 is 10.4 Å². The second-order valence-corrected chi connectivity index (χ2v) is 9.84. The molecule has 0 aliphatic heterocycles. The van der Waals surface area contributed by atoms with E-state index in [1.807, 2.05) is 0 Å². The first-order valence-electron chi connectivity index (χ1n) is 9.38. The summed E-state index contributed by atoms with van der Waals surface area (Å²) in [4.78, 5) is 11.7. The number of rotatable bonds is 5. The fraction of sp³-hybridized carbons (Fsp3) is 0.350. The van der Waals surface area contributed by atoms with Gasteiger partial charge in [-0.25, -0.2) is 26.3 Å². The summed E-state index contributed by atoms with van der Waals surface area (Å²) in [5.41, 5.74) is -1.24. The molecule has 31 heavy (non-hydrogen) atoms. The van der Waals surface area contributed by atoms with Crippen molar-refractivity contribution in [1.82, 2.24) is 4.72 Å². The van der Waals surface area contributed by atoms with Crippen LogP contribution in [0.4, 0.5) is 18.9 Å². The zero-order valence-corrected chi connectivity index (χ0v) is 18.0. The Bertz CT molecular complexity index is 1090. The smallest absolute Gasteiger partial charge is 0.255 e. The quantitative estimate of drug-likeness (QED) is 0.569. The summed E-state index contributed by atoms with van der Waals surface area (Å²) in [5.74, 6) is -4.47. The van der Waals surface area contributed by atoms with Crippen LogP contribution in [0.1, 0.15) is 43.0 Å². The zero-order valence-electron chi connectivity index (χ0n) is 16.4. The van der Waals surface area contributed by atoms with Crippen LogP contribution in [0.3, 0.4) is 0 Å². The Morgan fingerprint density at radius 3 is 2.39 bits per heavy atom. The Hall–Kier alpha value is -2.14. The maximum Gasteiger partial charge on any atom is 0.255 e. The van der Waals surface area contributed by atoms with Crippen molar-refractivity contribution >= 4 is 33.2 Å². The number of carbonyl (C=O) groups excluding carboxylic acids is 1. The number of aliphatic hydroxyl groups is 1. The van der Waals surface area contributed by atoms with Crippen molar-refractivity contribution in [2.75, 3.05) is 5.32 Å². The van der Waals surface area contributed by atoms with Crippen molar-refractivity contribution in [1.29, 1.82) is 0 Å². The highest BCUT2D eigenvalue weighted by molar-refractivity contribution is 7.89. The minimum absolute atomic E-state index is 0.157. The van der Waals surface area contributed by atoms with Gasteiger partial charge in [-0.05, 0) is 56.9 Å². The van der Waals surface area contributed by atoms with E-state index >= 15 is 0 Å². The molecule has 0 radical (unpaired) electrons. The fourth-order valence-corrected chi connectivity index (χ4v) is 4.94. The molecule has 11 heteroatoms. The van der Waals surface area contributed by atoms with Crippen LogP contribution in [0, 0.1) is 17.5 Å². The van der Waals surface area contributed by atoms with Crippen molar-refractivity contribution in [2.24, 2.45) is 0 Å². The van der Waals surface area contributed by atoms with Gasteiger partial charge in [0, 0.05) is 23.4 Å². The molecule has 2 aromatic rings. The van der Waals surface area contributed by atoms with Gasteiger partial charge in [-0.1, -0.05) is 11.6 Å². The lowest BCUT2D eigenvalue weighted by Gasteiger charge is -2.33. The standard InChI is InChI=1S/C20H20ClF3N2O4S/c1-20(28)6-4-12(5-7-20)26-31(29,30)17-8-11(2-3-15(17)22)19(27)25-13-9-14(21)18(24)16(23)10-13/h2-3,8-10,12,26,28H,4-7H2,1H3,(H,25,27). The molecular weight excluding hydrogens is 457 g/mol. The van der Waals surface area contributed by atoms with E-state index in [-0.39, 0.29) is 11.3 Å². The predicted octanol–water partition coefficient (Wildman–Crippen LogP) is 3.98. The summed E-state index contributed by atoms with van der Waals surface area (Å²) in [6, 6.07) is 3.95. The van der Waals surface area contributed by atoms with Crippen LogP contribution >= 0.6 is 11.6 Å². The van der Waals surface area contributed by atoms with Crippen LogP contribution in [0.25, 0.3) is 0 Å². The Kier molecular flexibility index (Phi) is 6.66. The molecule has 168 valence electrons. The van der Waals surface area contributed by atoms with Crippen LogP contribution in [-0.4, -0.2) is 31.1 Å². The number of carbonyl (C=O) groups is 1. The van der Waals surface area contributed by atoms with Crippen LogP contribution in [0.5, 0.6) is 0 Å². The van der Waals surface area contributed by atoms with Crippen molar-refractivity contribution in [2.45, 2.75) is 49.1 Å². The molecule has 3 rings (SSSR count). The zero-order chi connectivity index (χ0) is 23.0. The highest BCUT2D eigenvalue weighted by atomic mass is 35.5. The number of halogens is 4. The molecule has 1 saturated carbocycles. The van der Waals surface area contributed by atoms with Gasteiger partial charge in [-0.2, -0.15) is 0 Å². The van der Waals surface area contributed by atoms with Gasteiger partial charge in [0.25, 0.3) is 5.91 Å². The van der Waals surface area contributed by atoms with E-state index in [2.05, 4.69) is 10.0 Å². The molecule has 1 aliphatic rings. The molecule has 0 atom stereocenters. The highest BCUT2D eigenvalue weighted by Crippen LogP contribution is 2.29. The minimum atomic E-state index is -4.29. The number of nitrogens with one attached hydrogen (secondary N) is 2. The molecule has 0 heterocycles. The number of anilines is 1. The van der Waals surface area contributed by atoms with Crippen molar-refractivity contribution in [3.63, 3.8) is 0 Å². The Labute approximate surface area is 182 Å². The SMILES string of the molecule is CC1(O)CCC(NS(=O)(=O)c2cc(C(=O)Nc3cc(F)c(F)c(Cl)c3)ccc2F)CC1. The maximum atomic E-state index is 14.3. The molecule has 6 nitrogen and oxygen atoms in total. The largest absolute Gasteiger partial charge is 0.390 e. The first kappa shape index (κ1) is 23.5. The van der Waals surface area contributed by atoms with Gasteiger partial charge >= 0.3 is 0 Å². The Morgan fingerprint density at radius 1 is 1.13 bits per heavy atom. The van der Waals surface area contributed by atoms with Crippen LogP contribution < -0.4 is 10.0 Å². The van der Waals surface area contributed by atoms with E-state index < -0.39 is 54.9 Å². The lowest BCUT2D eigenvalue weighted by atomic mass is 9.84. The van der Waals surface area contributed by atoms with Crippen LogP contribution in [-0.2, 0) is 10.0 Å². The Balaban J connectivity index is 1.80. The van der Waals surface area contributed by atoms with E-state index in [4.69, 9.17) is 11.6 Å². The van der Waals surface area contributed by atoms with Gasteiger partial charge in [0.05, 0.1) is 10.6 Å². The predicted molar refractivity (Wildman–Crippen MR) is 109 cm³/mol. The number of benzene rings is 2. The third-order valence-electron chi connectivity index (χ3n) is 5.11. The summed E-state index contributed by atoms with van der Waals surface area (Å²) >= 11 is 5.55. The summed E-state index contributed by atoms with van der Waals surface area (Å²) in [6.07, 6.45) is 1.54. The number of amides is 1. The van der Waals surface area contributed by atoms with Crippen LogP contribution in [0.15, 0.2) is 35.2 Å². The van der Waals surface area contributed by atoms with E-state index in [0.29, 0.717) is 31.7 Å². The second kappa shape index (κ2) is 8.78. The minimum Gasteiger partial charge on any atom is -0.390 e. The molecule has 2 aromatic carbocycles. The summed E-state index contributed by atoms with van der Waals surface area (Å²) in [7, 11) is -4.29. The van der Waals surface area contributed by atoms with Crippen molar-refractivity contribution in [3.8, 4) is 0 Å². The lowest BCUT2D eigenvalue weighted by Crippen LogP contribution is -2.42. The van der Waals surface area contributed by atoms with Gasteiger partial charge in [0.1, 0.15) is 10.7 Å². The average molecular weight is 477 g/mol. The number of hydrogen-bond acceptors (Lipinski definition) is 4. The molecule has 1 fully saturated rings. The maximum absolute atomic E-state index is 14.3. The highest BCUT2D eigenvalue weighted by Gasteiger charge is 2.32. The van der Waals surface area contributed by atoms with E-state index in [1.165, 1.54) is 0 Å². The van der Waals surface area contributed by atoms with E-state index in [9.17, 15) is 31.5 Å². The average Bonchev–Trinajstić information content (AvgIpc) is 2.67. The molecular formula is C20H20ClF3N2O4S. The van der Waals surface area contributed by atoms with E-state index in [1.54, 1.807) is 6.92 Å². The molecule has 1 amide bonds. The lowest BCUT2D eigenvalue weighted by molar-refractivity contribution is 0.0163. The van der Waals surface area contributed by atoms with Crippen molar-refractivity contribution in [3.05, 3.63) is 58.4 Å². The van der Waals surface area contributed by atoms with Crippen LogP contribution in [0.2, 0.25) is 5.02 Å². The molecule has 0 spiro atoms. The normalized spacial score (nSPS) is 21.7. The Morgan fingerprint density at radius 2 is 1.77 bits per heavy atom. The molecule has 0 aromatic heterocycles. The molecule has 0 bridgehead atoms. The molecule has 3 N–H and O–H groups in total. The summed E-state index contributed by atoms with van der Waals surface area (Å²) in [6.45, 7) is 1.67. The fourth-order valence-electron chi connectivity index (χ4n) is 3.32. The number of sulfonamides is 1. The van der Waals surface area contributed by atoms with Gasteiger partial charge in [0.2, 0.25) is 10.0 Å². The monoisotopic (exact) mass is 476 g/mol. The van der Waals surface area contributed by atoms with Gasteiger partial charge in [0.15, 0.2) is 11.6 Å². The first-order chi connectivity index (χ1) is 14.4. The van der Waals surface area contributed by atoms with E-state index in [0.717, 1.165) is 24.3 Å². The number of hydrogen-bond donors (Lipinski definition) is 3. The summed E-state index contributed by atoms with van der Waals surface area (Å²) in [5, 5.41) is 11.7. The third kappa shape index (κ3) is 5.57. The third-order valence-corrected chi connectivity index (χ3v) is 6.92.